The van der Waals surface area contributed by atoms with Gasteiger partial charge in [0, 0.05) is 39.2 Å². The number of nitrogens with zero attached hydrogens (tertiary/aromatic N) is 1. The van der Waals surface area contributed by atoms with Crippen LogP contribution in [0.2, 0.25) is 0 Å². The first-order chi connectivity index (χ1) is 24.2. The zero-order valence-corrected chi connectivity index (χ0v) is 28.2. The molecule has 0 radical (unpaired) electrons. The molecule has 0 aliphatic heterocycles. The molecule has 0 saturated heterocycles. The zero-order valence-electron chi connectivity index (χ0n) is 26.6. The van der Waals surface area contributed by atoms with Gasteiger partial charge in [0.15, 0.2) is 0 Å². The molecule has 0 spiro atoms. The molecular weight excluding hydrogens is 677 g/mol. The number of benzene rings is 4. The smallest absolute Gasteiger partial charge is 0.341 e. The first kappa shape index (κ1) is 35.3. The molecular formula is C37H30N4O7S2. The van der Waals surface area contributed by atoms with Crippen LogP contribution in [-0.4, -0.2) is 41.0 Å². The van der Waals surface area contributed by atoms with Gasteiger partial charge < -0.3 is 20.7 Å². The summed E-state index contributed by atoms with van der Waals surface area (Å²) in [5.74, 6) is -2.01. The number of nitrogens with one attached hydrogen (secondary N) is 3. The molecule has 1 aromatic heterocycles. The van der Waals surface area contributed by atoms with Gasteiger partial charge in [0.1, 0.15) is 16.3 Å². The van der Waals surface area contributed by atoms with Gasteiger partial charge in [-0.3, -0.25) is 24.5 Å². The number of esters is 1. The Hall–Kier alpha value is -6.05. The lowest BCUT2D eigenvalue weighted by atomic mass is 10.0. The highest BCUT2D eigenvalue weighted by Crippen LogP contribution is 2.36. The Labute approximate surface area is 295 Å². The van der Waals surface area contributed by atoms with Crippen LogP contribution in [0.4, 0.5) is 16.4 Å². The van der Waals surface area contributed by atoms with Crippen molar-refractivity contribution in [1.82, 2.24) is 5.32 Å². The third kappa shape index (κ3) is 9.30. The molecule has 0 atom stereocenters. The van der Waals surface area contributed by atoms with Gasteiger partial charge in [-0.15, -0.1) is 23.1 Å². The van der Waals surface area contributed by atoms with Gasteiger partial charge in [-0.2, -0.15) is 0 Å². The van der Waals surface area contributed by atoms with Crippen molar-refractivity contribution in [3.63, 3.8) is 0 Å². The molecule has 0 unspecified atom stereocenters. The summed E-state index contributed by atoms with van der Waals surface area (Å²) >= 11 is 2.46. The van der Waals surface area contributed by atoms with Crippen LogP contribution in [0.1, 0.15) is 33.2 Å². The molecule has 5 aromatic rings. The van der Waals surface area contributed by atoms with Gasteiger partial charge in [0.05, 0.1) is 17.3 Å². The maximum Gasteiger partial charge on any atom is 0.341 e. The highest BCUT2D eigenvalue weighted by Gasteiger charge is 2.23. The number of nitro groups is 1. The Kier molecular flexibility index (Phi) is 11.9. The second kappa shape index (κ2) is 16.9. The van der Waals surface area contributed by atoms with Crippen LogP contribution in [0.15, 0.2) is 125 Å². The fraction of sp³-hybridized carbons (Fsp3) is 0.0811. The lowest BCUT2D eigenvalue weighted by Crippen LogP contribution is -2.30. The number of carbonyl (C=O) groups is 4. The normalized spacial score (nSPS) is 10.9. The summed E-state index contributed by atoms with van der Waals surface area (Å²) in [4.78, 5) is 63.6. The number of thiophene rings is 1. The third-order valence-corrected chi connectivity index (χ3v) is 8.90. The summed E-state index contributed by atoms with van der Waals surface area (Å²) < 4.78 is 5.28. The van der Waals surface area contributed by atoms with Crippen molar-refractivity contribution in [3.8, 4) is 11.1 Å². The fourth-order valence-electron chi connectivity index (χ4n) is 4.66. The summed E-state index contributed by atoms with van der Waals surface area (Å²) in [6.45, 7) is 1.90. The Balaban J connectivity index is 1.28. The van der Waals surface area contributed by atoms with E-state index in [1.807, 2.05) is 35.7 Å². The Morgan fingerprint density at radius 2 is 1.58 bits per heavy atom. The van der Waals surface area contributed by atoms with Gasteiger partial charge in [-0.1, -0.05) is 54.6 Å². The van der Waals surface area contributed by atoms with Crippen LogP contribution < -0.4 is 16.0 Å². The second-order valence-electron chi connectivity index (χ2n) is 10.5. The number of carbonyl (C=O) groups excluding carboxylic acids is 4. The number of non-ortho nitro benzene ring substituents is 1. The van der Waals surface area contributed by atoms with E-state index in [1.54, 1.807) is 61.5 Å². The minimum absolute atomic E-state index is 0.0106. The maximum atomic E-state index is 13.5. The Bertz CT molecular complexity index is 2050. The number of anilines is 2. The largest absolute Gasteiger partial charge is 0.462 e. The molecule has 0 aliphatic carbocycles. The van der Waals surface area contributed by atoms with Crippen molar-refractivity contribution in [2.45, 2.75) is 11.8 Å². The summed E-state index contributed by atoms with van der Waals surface area (Å²) in [6, 6.07) is 30.1. The maximum absolute atomic E-state index is 13.5. The van der Waals surface area contributed by atoms with Crippen LogP contribution in [0.5, 0.6) is 0 Å². The van der Waals surface area contributed by atoms with Crippen LogP contribution >= 0.6 is 23.1 Å². The molecule has 1 heterocycles. The third-order valence-electron chi connectivity index (χ3n) is 7.01. The van der Waals surface area contributed by atoms with E-state index in [-0.39, 0.29) is 29.7 Å². The van der Waals surface area contributed by atoms with Crippen molar-refractivity contribution in [2.75, 3.05) is 23.0 Å². The molecule has 0 fully saturated rings. The van der Waals surface area contributed by atoms with E-state index in [0.717, 1.165) is 5.56 Å². The summed E-state index contributed by atoms with van der Waals surface area (Å²) in [5, 5.41) is 21.5. The monoisotopic (exact) mass is 706 g/mol. The molecule has 11 nitrogen and oxygen atoms in total. The van der Waals surface area contributed by atoms with Crippen LogP contribution in [-0.2, 0) is 14.3 Å². The first-order valence-electron chi connectivity index (χ1n) is 15.2. The number of ether oxygens (including phenoxy) is 1. The van der Waals surface area contributed by atoms with E-state index in [0.29, 0.717) is 37.8 Å². The molecule has 13 heteroatoms. The quantitative estimate of drug-likeness (QED) is 0.0371. The minimum atomic E-state index is -0.633. The Morgan fingerprint density at radius 1 is 0.880 bits per heavy atom. The highest BCUT2D eigenvalue weighted by atomic mass is 32.2. The van der Waals surface area contributed by atoms with E-state index in [1.165, 1.54) is 53.4 Å². The predicted molar refractivity (Wildman–Crippen MR) is 195 cm³/mol. The van der Waals surface area contributed by atoms with Crippen molar-refractivity contribution in [2.24, 2.45) is 0 Å². The lowest BCUT2D eigenvalue weighted by Gasteiger charge is -2.12. The topological polar surface area (TPSA) is 157 Å². The van der Waals surface area contributed by atoms with Crippen LogP contribution in [0.3, 0.4) is 0 Å². The van der Waals surface area contributed by atoms with E-state index < -0.39 is 22.7 Å². The number of amides is 3. The molecule has 3 N–H and O–H groups in total. The van der Waals surface area contributed by atoms with Gasteiger partial charge in [-0.25, -0.2) is 4.79 Å². The molecule has 0 aliphatic rings. The number of thioether (sulfide) groups is 1. The molecule has 0 saturated carbocycles. The van der Waals surface area contributed by atoms with E-state index in [4.69, 9.17) is 4.74 Å². The van der Waals surface area contributed by atoms with Crippen molar-refractivity contribution in [3.05, 3.63) is 147 Å². The van der Waals surface area contributed by atoms with Crippen molar-refractivity contribution in [1.29, 1.82) is 0 Å². The molecule has 252 valence electrons. The highest BCUT2D eigenvalue weighted by molar-refractivity contribution is 8.00. The van der Waals surface area contributed by atoms with Crippen molar-refractivity contribution < 1.29 is 28.8 Å². The summed E-state index contributed by atoms with van der Waals surface area (Å²) in [7, 11) is 0. The molecule has 5 rings (SSSR count). The standard InChI is InChI=1S/C37H30N4O7S2/c1-2-48-37(45)33-30(25-10-5-3-6-11-25)22-50-36(33)40-32(42)23-49-29-15-9-14-27(21-29)38-35(44)31(39-34(43)26-12-7-4-8-13-26)20-24-16-18-28(19-17-24)41(46)47/h3-22H,2,23H2,1H3,(H,38,44)(H,39,43)(H,40,42)/b31-20+. The number of rotatable bonds is 13. The van der Waals surface area contributed by atoms with Gasteiger partial charge in [0.25, 0.3) is 17.5 Å². The Morgan fingerprint density at radius 3 is 2.26 bits per heavy atom. The first-order valence-corrected chi connectivity index (χ1v) is 17.1. The molecule has 4 aromatic carbocycles. The van der Waals surface area contributed by atoms with E-state index in [2.05, 4.69) is 16.0 Å². The van der Waals surface area contributed by atoms with Gasteiger partial charge >= 0.3 is 5.97 Å². The second-order valence-corrected chi connectivity index (χ2v) is 12.4. The van der Waals surface area contributed by atoms with Crippen molar-refractivity contribution >= 4 is 69.2 Å². The summed E-state index contributed by atoms with van der Waals surface area (Å²) in [6.07, 6.45) is 1.42. The fourth-order valence-corrected chi connectivity index (χ4v) is 6.39. The molecule has 50 heavy (non-hydrogen) atoms. The minimum Gasteiger partial charge on any atom is -0.462 e. The molecule has 0 bridgehead atoms. The average Bonchev–Trinajstić information content (AvgIpc) is 3.55. The predicted octanol–water partition coefficient (Wildman–Crippen LogP) is 7.64. The number of nitro benzene ring substituents is 1. The SMILES string of the molecule is CCOC(=O)c1c(-c2ccccc2)csc1NC(=O)CSc1cccc(NC(=O)/C(=C\c2ccc([N+](=O)[O-])cc2)NC(=O)c2ccccc2)c1. The zero-order chi connectivity index (χ0) is 35.5. The van der Waals surface area contributed by atoms with E-state index >= 15 is 0 Å². The van der Waals surface area contributed by atoms with Gasteiger partial charge in [-0.05, 0) is 66.6 Å². The van der Waals surface area contributed by atoms with E-state index in [9.17, 15) is 29.3 Å². The lowest BCUT2D eigenvalue weighted by molar-refractivity contribution is -0.384. The number of hydrogen-bond donors (Lipinski definition) is 3. The summed E-state index contributed by atoms with van der Waals surface area (Å²) in [5.41, 5.74) is 2.78. The number of hydrogen-bond acceptors (Lipinski definition) is 9. The van der Waals surface area contributed by atoms with Gasteiger partial charge in [0.2, 0.25) is 5.91 Å². The van der Waals surface area contributed by atoms with Crippen LogP contribution in [0.25, 0.3) is 17.2 Å². The van der Waals surface area contributed by atoms with Crippen LogP contribution in [0, 0.1) is 10.1 Å². The average molecular weight is 707 g/mol. The molecule has 3 amide bonds.